The molecule has 32 heavy (non-hydrogen) atoms. The van der Waals surface area contributed by atoms with Gasteiger partial charge in [-0.2, -0.15) is 0 Å². The summed E-state index contributed by atoms with van der Waals surface area (Å²) < 4.78 is 5.63. The predicted molar refractivity (Wildman–Crippen MR) is 125 cm³/mol. The number of nitrogens with zero attached hydrogens (tertiary/aromatic N) is 1. The van der Waals surface area contributed by atoms with Gasteiger partial charge in [-0.05, 0) is 55.0 Å². The van der Waals surface area contributed by atoms with Gasteiger partial charge in [0.15, 0.2) is 5.78 Å². The van der Waals surface area contributed by atoms with E-state index in [1.165, 1.54) is 0 Å². The van der Waals surface area contributed by atoms with Crippen molar-refractivity contribution in [2.75, 3.05) is 17.2 Å². The number of ketones is 1. The third-order valence-electron chi connectivity index (χ3n) is 4.96. The number of aromatic nitrogens is 2. The monoisotopic (exact) mass is 428 g/mol. The lowest BCUT2D eigenvalue weighted by Gasteiger charge is -2.10. The molecule has 4 aromatic rings. The second kappa shape index (κ2) is 9.78. The molecule has 0 fully saturated rings. The van der Waals surface area contributed by atoms with Crippen LogP contribution in [0.3, 0.4) is 0 Å². The van der Waals surface area contributed by atoms with Crippen molar-refractivity contribution >= 4 is 34.2 Å². The van der Waals surface area contributed by atoms with Crippen LogP contribution in [0.25, 0.3) is 11.0 Å². The number of carbonyl (C=O) groups is 2. The Labute approximate surface area is 185 Å². The zero-order chi connectivity index (χ0) is 22.3. The molecule has 0 aliphatic rings. The highest BCUT2D eigenvalue weighted by Crippen LogP contribution is 2.21. The summed E-state index contributed by atoms with van der Waals surface area (Å²) in [7, 11) is 0. The lowest BCUT2D eigenvalue weighted by Crippen LogP contribution is -2.19. The number of carbonyl (C=O) groups excluding carboxylic acids is 2. The van der Waals surface area contributed by atoms with E-state index in [0.717, 1.165) is 24.0 Å². The molecule has 2 heterocycles. The smallest absolute Gasteiger partial charge is 0.323 e. The Hall–Kier alpha value is -4.13. The van der Waals surface area contributed by atoms with E-state index >= 15 is 0 Å². The van der Waals surface area contributed by atoms with Crippen LogP contribution in [0.2, 0.25) is 0 Å². The first kappa shape index (κ1) is 21.1. The number of amides is 2. The first-order valence-electron chi connectivity index (χ1n) is 10.5. The van der Waals surface area contributed by atoms with Gasteiger partial charge >= 0.3 is 6.03 Å². The van der Waals surface area contributed by atoms with Crippen LogP contribution in [0.1, 0.15) is 35.7 Å². The molecule has 0 saturated heterocycles. The Morgan fingerprint density at radius 2 is 1.81 bits per heavy atom. The lowest BCUT2D eigenvalue weighted by atomic mass is 10.0. The van der Waals surface area contributed by atoms with E-state index in [-0.39, 0.29) is 5.78 Å². The van der Waals surface area contributed by atoms with Gasteiger partial charge in [0, 0.05) is 40.3 Å². The van der Waals surface area contributed by atoms with Crippen LogP contribution in [0.5, 0.6) is 5.75 Å². The SMILES string of the molecule is CCCCOc1ccc(NC(=O)Nc2cccc(C(=O)c3c[nH]c4ncccc34)c2)cc1. The van der Waals surface area contributed by atoms with Crippen molar-refractivity contribution in [2.45, 2.75) is 19.8 Å². The van der Waals surface area contributed by atoms with Crippen LogP contribution in [-0.4, -0.2) is 28.4 Å². The maximum atomic E-state index is 13.0. The number of benzene rings is 2. The number of urea groups is 1. The van der Waals surface area contributed by atoms with Gasteiger partial charge in [-0.25, -0.2) is 9.78 Å². The van der Waals surface area contributed by atoms with Crippen molar-refractivity contribution in [1.82, 2.24) is 9.97 Å². The molecule has 162 valence electrons. The lowest BCUT2D eigenvalue weighted by molar-refractivity contribution is 0.104. The van der Waals surface area contributed by atoms with E-state index in [2.05, 4.69) is 27.5 Å². The van der Waals surface area contributed by atoms with Crippen LogP contribution in [0.15, 0.2) is 73.1 Å². The highest BCUT2D eigenvalue weighted by Gasteiger charge is 2.15. The third kappa shape index (κ3) is 4.95. The topological polar surface area (TPSA) is 96.1 Å². The predicted octanol–water partition coefficient (Wildman–Crippen LogP) is 5.62. The van der Waals surface area contributed by atoms with Gasteiger partial charge in [0.1, 0.15) is 11.4 Å². The third-order valence-corrected chi connectivity index (χ3v) is 4.96. The molecule has 2 amide bonds. The van der Waals surface area contributed by atoms with Crippen molar-refractivity contribution in [3.8, 4) is 5.75 Å². The number of nitrogens with one attached hydrogen (secondary N) is 3. The maximum Gasteiger partial charge on any atom is 0.323 e. The van der Waals surface area contributed by atoms with Gasteiger partial charge < -0.3 is 20.4 Å². The average molecular weight is 428 g/mol. The minimum Gasteiger partial charge on any atom is -0.494 e. The molecular formula is C25H24N4O3. The van der Waals surface area contributed by atoms with Gasteiger partial charge in [0.25, 0.3) is 0 Å². The largest absolute Gasteiger partial charge is 0.494 e. The Balaban J connectivity index is 1.40. The first-order chi connectivity index (χ1) is 15.6. The van der Waals surface area contributed by atoms with E-state index in [1.54, 1.807) is 54.9 Å². The second-order valence-electron chi connectivity index (χ2n) is 7.32. The molecule has 7 nitrogen and oxygen atoms in total. The number of rotatable bonds is 8. The van der Waals surface area contributed by atoms with Crippen LogP contribution < -0.4 is 15.4 Å². The highest BCUT2D eigenvalue weighted by atomic mass is 16.5. The summed E-state index contributed by atoms with van der Waals surface area (Å²) in [5, 5.41) is 6.31. The maximum absolute atomic E-state index is 13.0. The van der Waals surface area contributed by atoms with E-state index in [1.807, 2.05) is 18.2 Å². The Morgan fingerprint density at radius 3 is 2.62 bits per heavy atom. The molecule has 0 aliphatic carbocycles. The molecular weight excluding hydrogens is 404 g/mol. The Morgan fingerprint density at radius 1 is 1.00 bits per heavy atom. The summed E-state index contributed by atoms with van der Waals surface area (Å²) in [6, 6.07) is 17.3. The minimum absolute atomic E-state index is 0.146. The summed E-state index contributed by atoms with van der Waals surface area (Å²) in [5.41, 5.74) is 2.83. The second-order valence-corrected chi connectivity index (χ2v) is 7.32. The van der Waals surface area contributed by atoms with Crippen molar-refractivity contribution < 1.29 is 14.3 Å². The summed E-state index contributed by atoms with van der Waals surface area (Å²) in [6.07, 6.45) is 5.40. The van der Waals surface area contributed by atoms with Crippen molar-refractivity contribution in [3.05, 3.63) is 84.2 Å². The van der Waals surface area contributed by atoms with Gasteiger partial charge in [-0.1, -0.05) is 25.5 Å². The van der Waals surface area contributed by atoms with E-state index in [4.69, 9.17) is 4.74 Å². The zero-order valence-electron chi connectivity index (χ0n) is 17.7. The standard InChI is InChI=1S/C25H24N4O3/c1-2-3-14-32-20-11-9-18(10-12-20)28-25(31)29-19-7-4-6-17(15-19)23(30)22-16-27-24-21(22)8-5-13-26-24/h4-13,15-16H,2-3,14H2,1H3,(H,26,27)(H2,28,29,31). The van der Waals surface area contributed by atoms with Gasteiger partial charge in [-0.3, -0.25) is 4.79 Å². The molecule has 0 saturated carbocycles. The fraction of sp³-hybridized carbons (Fsp3) is 0.160. The molecule has 0 unspecified atom stereocenters. The quantitative estimate of drug-likeness (QED) is 0.251. The van der Waals surface area contributed by atoms with Crippen LogP contribution in [0, 0.1) is 0 Å². The molecule has 2 aromatic carbocycles. The molecule has 0 bridgehead atoms. The number of H-pyrrole nitrogens is 1. The van der Waals surface area contributed by atoms with Crippen LogP contribution >= 0.6 is 0 Å². The van der Waals surface area contributed by atoms with E-state index in [0.29, 0.717) is 34.8 Å². The molecule has 0 radical (unpaired) electrons. The minimum atomic E-state index is -0.398. The fourth-order valence-electron chi connectivity index (χ4n) is 3.30. The summed E-state index contributed by atoms with van der Waals surface area (Å²) in [4.78, 5) is 32.6. The fourth-order valence-corrected chi connectivity index (χ4v) is 3.30. The van der Waals surface area contributed by atoms with Crippen LogP contribution in [0.4, 0.5) is 16.2 Å². The molecule has 0 atom stereocenters. The Bertz CT molecular complexity index is 1230. The number of ether oxygens (including phenoxy) is 1. The van der Waals surface area contributed by atoms with Crippen LogP contribution in [-0.2, 0) is 0 Å². The summed E-state index contributed by atoms with van der Waals surface area (Å²) in [6.45, 7) is 2.79. The number of hydrogen-bond donors (Lipinski definition) is 3. The molecule has 7 heteroatoms. The number of fused-ring (bicyclic) bond motifs is 1. The Kier molecular flexibility index (Phi) is 6.46. The zero-order valence-corrected chi connectivity index (χ0v) is 17.7. The van der Waals surface area contributed by atoms with Gasteiger partial charge in [0.2, 0.25) is 0 Å². The molecule has 0 spiro atoms. The van der Waals surface area contributed by atoms with E-state index in [9.17, 15) is 9.59 Å². The number of pyridine rings is 1. The highest BCUT2D eigenvalue weighted by molar-refractivity contribution is 6.16. The molecule has 0 aliphatic heterocycles. The van der Waals surface area contributed by atoms with Crippen molar-refractivity contribution in [3.63, 3.8) is 0 Å². The molecule has 2 aromatic heterocycles. The normalized spacial score (nSPS) is 10.7. The number of aromatic amines is 1. The number of hydrogen-bond acceptors (Lipinski definition) is 4. The first-order valence-corrected chi connectivity index (χ1v) is 10.5. The summed E-state index contributed by atoms with van der Waals surface area (Å²) >= 11 is 0. The summed E-state index contributed by atoms with van der Waals surface area (Å²) in [5.74, 6) is 0.620. The van der Waals surface area contributed by atoms with Gasteiger partial charge in [-0.15, -0.1) is 0 Å². The van der Waals surface area contributed by atoms with Gasteiger partial charge in [0.05, 0.1) is 6.61 Å². The molecule has 4 rings (SSSR count). The van der Waals surface area contributed by atoms with E-state index < -0.39 is 6.03 Å². The van der Waals surface area contributed by atoms with Crippen molar-refractivity contribution in [1.29, 1.82) is 0 Å². The molecule has 3 N–H and O–H groups in total. The number of anilines is 2. The average Bonchev–Trinajstić information content (AvgIpc) is 3.24. The number of unbranched alkanes of at least 4 members (excludes halogenated alkanes) is 1. The van der Waals surface area contributed by atoms with Crippen molar-refractivity contribution in [2.24, 2.45) is 0 Å².